The number of nitrogens with zero attached hydrogens (tertiary/aromatic N) is 5. The number of nitrogens with one attached hydrogen (secondary N) is 2. The third kappa shape index (κ3) is 3.19. The van der Waals surface area contributed by atoms with Gasteiger partial charge in [0.15, 0.2) is 0 Å². The van der Waals surface area contributed by atoms with Crippen molar-refractivity contribution in [3.05, 3.63) is 46.2 Å². The van der Waals surface area contributed by atoms with E-state index in [-0.39, 0.29) is 11.6 Å². The predicted octanol–water partition coefficient (Wildman–Crippen LogP) is 1.82. The number of hydrogen-bond donors (Lipinski definition) is 2. The van der Waals surface area contributed by atoms with Crippen molar-refractivity contribution in [1.82, 2.24) is 20.6 Å². The number of hydrazone groups is 1. The molecule has 1 aromatic carbocycles. The molecule has 122 valence electrons. The van der Waals surface area contributed by atoms with E-state index in [1.165, 1.54) is 19.4 Å². The molecule has 0 unspecified atom stereocenters. The topological polar surface area (TPSA) is 144 Å². The normalized spacial score (nSPS) is 10.9. The summed E-state index contributed by atoms with van der Waals surface area (Å²) in [6.07, 6.45) is 1.38. The number of nitro benzene ring substituents is 1. The van der Waals surface area contributed by atoms with Gasteiger partial charge in [0.25, 0.3) is 11.6 Å². The molecule has 2 N–H and O–H groups in total. The number of rotatable bonds is 6. The smallest absolute Gasteiger partial charge is 0.284 e. The highest BCUT2D eigenvalue weighted by atomic mass is 16.6. The first-order chi connectivity index (χ1) is 11.7. The largest absolute Gasteiger partial charge is 0.497 e. The second kappa shape index (κ2) is 6.56. The first kappa shape index (κ1) is 15.1. The number of aromatic nitrogens is 4. The second-order valence-corrected chi connectivity index (χ2v) is 4.45. The summed E-state index contributed by atoms with van der Waals surface area (Å²) in [5.41, 5.74) is 2.76. The minimum atomic E-state index is -0.494. The summed E-state index contributed by atoms with van der Waals surface area (Å²) in [7, 11) is 1.44. The van der Waals surface area contributed by atoms with Gasteiger partial charge in [-0.3, -0.25) is 10.1 Å². The number of methoxy groups -OCH3 is 1. The van der Waals surface area contributed by atoms with E-state index in [9.17, 15) is 10.1 Å². The van der Waals surface area contributed by atoms with E-state index in [1.54, 1.807) is 24.3 Å². The van der Waals surface area contributed by atoms with Gasteiger partial charge in [-0.15, -0.1) is 5.10 Å². The van der Waals surface area contributed by atoms with Crippen molar-refractivity contribution < 1.29 is 14.1 Å². The fraction of sp³-hybridized carbons (Fsp3) is 0.0769. The fourth-order valence-electron chi connectivity index (χ4n) is 1.93. The molecule has 0 aliphatic rings. The van der Waals surface area contributed by atoms with Crippen LogP contribution in [0.4, 0.5) is 11.6 Å². The predicted molar refractivity (Wildman–Crippen MR) is 82.7 cm³/mol. The molecule has 0 aliphatic carbocycles. The highest BCUT2D eigenvalue weighted by Crippen LogP contribution is 2.33. The maximum absolute atomic E-state index is 11.2. The van der Waals surface area contributed by atoms with Crippen LogP contribution in [0.1, 0.15) is 5.76 Å². The van der Waals surface area contributed by atoms with E-state index < -0.39 is 4.92 Å². The Bertz CT molecular complexity index is 872. The lowest BCUT2D eigenvalue weighted by molar-refractivity contribution is -0.384. The minimum Gasteiger partial charge on any atom is -0.497 e. The van der Waals surface area contributed by atoms with Gasteiger partial charge in [0.05, 0.1) is 29.9 Å². The Morgan fingerprint density at radius 1 is 1.42 bits per heavy atom. The third-order valence-corrected chi connectivity index (χ3v) is 3.00. The van der Waals surface area contributed by atoms with Crippen LogP contribution < -0.4 is 10.2 Å². The fourth-order valence-corrected chi connectivity index (χ4v) is 1.93. The van der Waals surface area contributed by atoms with E-state index in [0.29, 0.717) is 22.8 Å². The number of tetrazole rings is 1. The van der Waals surface area contributed by atoms with Crippen LogP contribution >= 0.6 is 0 Å². The van der Waals surface area contributed by atoms with Crippen molar-refractivity contribution >= 4 is 17.9 Å². The van der Waals surface area contributed by atoms with Crippen molar-refractivity contribution in [3.63, 3.8) is 0 Å². The molecule has 0 radical (unpaired) electrons. The number of nitro groups is 1. The zero-order valence-corrected chi connectivity index (χ0v) is 12.3. The molecule has 0 amide bonds. The van der Waals surface area contributed by atoms with Crippen molar-refractivity contribution in [1.29, 1.82) is 0 Å². The second-order valence-electron chi connectivity index (χ2n) is 4.45. The molecular formula is C13H11N7O4. The molecule has 2 heterocycles. The quantitative estimate of drug-likeness (QED) is 0.396. The van der Waals surface area contributed by atoms with Gasteiger partial charge in [-0.05, 0) is 29.5 Å². The lowest BCUT2D eigenvalue weighted by Gasteiger charge is -2.03. The van der Waals surface area contributed by atoms with Gasteiger partial charge in [0.2, 0.25) is 0 Å². The summed E-state index contributed by atoms with van der Waals surface area (Å²) in [4.78, 5) is 10.7. The molecule has 3 aromatic rings. The molecule has 0 bridgehead atoms. The highest BCUT2D eigenvalue weighted by molar-refractivity contribution is 5.79. The van der Waals surface area contributed by atoms with Crippen molar-refractivity contribution in [2.45, 2.75) is 0 Å². The average molecular weight is 329 g/mol. The van der Waals surface area contributed by atoms with Crippen LogP contribution in [-0.4, -0.2) is 38.9 Å². The molecule has 0 atom stereocenters. The minimum absolute atomic E-state index is 0.114. The molecule has 0 spiro atoms. The summed E-state index contributed by atoms with van der Waals surface area (Å²) in [6, 6.07) is 7.77. The van der Waals surface area contributed by atoms with Gasteiger partial charge in [0.1, 0.15) is 17.3 Å². The Kier molecular flexibility index (Phi) is 4.14. The van der Waals surface area contributed by atoms with Gasteiger partial charge in [-0.2, -0.15) is 10.3 Å². The summed E-state index contributed by atoms with van der Waals surface area (Å²) >= 11 is 0. The van der Waals surface area contributed by atoms with Crippen LogP contribution in [0.3, 0.4) is 0 Å². The van der Waals surface area contributed by atoms with Gasteiger partial charge in [-0.1, -0.05) is 5.10 Å². The monoisotopic (exact) mass is 329 g/mol. The molecular weight excluding hydrogens is 318 g/mol. The Balaban J connectivity index is 1.82. The molecule has 0 saturated heterocycles. The molecule has 11 nitrogen and oxygen atoms in total. The SMILES string of the molecule is COc1ccc(-c2ccc(/C=N\Nc3nn[nH]n3)o2)c([N+](=O)[O-])c1. The zero-order chi connectivity index (χ0) is 16.9. The maximum atomic E-state index is 11.2. The van der Waals surface area contributed by atoms with Gasteiger partial charge < -0.3 is 9.15 Å². The highest BCUT2D eigenvalue weighted by Gasteiger charge is 2.19. The number of anilines is 1. The molecule has 0 fully saturated rings. The summed E-state index contributed by atoms with van der Waals surface area (Å²) < 4.78 is 10.6. The van der Waals surface area contributed by atoms with Gasteiger partial charge in [0, 0.05) is 0 Å². The zero-order valence-electron chi connectivity index (χ0n) is 12.3. The Hall–Kier alpha value is -3.76. The molecule has 0 saturated carbocycles. The Morgan fingerprint density at radius 3 is 3.00 bits per heavy atom. The van der Waals surface area contributed by atoms with Crippen LogP contribution in [0.15, 0.2) is 39.9 Å². The summed E-state index contributed by atoms with van der Waals surface area (Å²) in [5, 5.41) is 28.0. The molecule has 2 aromatic heterocycles. The molecule has 0 aliphatic heterocycles. The van der Waals surface area contributed by atoms with E-state index >= 15 is 0 Å². The number of aromatic amines is 1. The van der Waals surface area contributed by atoms with Gasteiger partial charge >= 0.3 is 0 Å². The summed E-state index contributed by atoms with van der Waals surface area (Å²) in [5.74, 6) is 1.32. The number of furan rings is 1. The van der Waals surface area contributed by atoms with Crippen molar-refractivity contribution in [3.8, 4) is 17.1 Å². The van der Waals surface area contributed by atoms with Crippen LogP contribution in [0.5, 0.6) is 5.75 Å². The maximum Gasteiger partial charge on any atom is 0.284 e. The van der Waals surface area contributed by atoms with Crippen molar-refractivity contribution in [2.75, 3.05) is 12.5 Å². The number of H-pyrrole nitrogens is 1. The van der Waals surface area contributed by atoms with Crippen LogP contribution in [0.2, 0.25) is 0 Å². The van der Waals surface area contributed by atoms with Crippen LogP contribution in [-0.2, 0) is 0 Å². The number of ether oxygens (including phenoxy) is 1. The van der Waals surface area contributed by atoms with E-state index in [1.807, 2.05) is 0 Å². The average Bonchev–Trinajstić information content (AvgIpc) is 3.26. The van der Waals surface area contributed by atoms with Gasteiger partial charge in [-0.25, -0.2) is 5.43 Å². The van der Waals surface area contributed by atoms with E-state index in [0.717, 1.165) is 0 Å². The standard InChI is InChI=1S/C13H11N7O4/c1-23-8-2-4-10(11(6-8)20(21)22)12-5-3-9(24-12)7-14-15-13-16-18-19-17-13/h2-7H,1H3,(H2,15,16,17,18,19)/b14-7-. The van der Waals surface area contributed by atoms with E-state index in [4.69, 9.17) is 9.15 Å². The van der Waals surface area contributed by atoms with E-state index in [2.05, 4.69) is 31.2 Å². The lowest BCUT2D eigenvalue weighted by atomic mass is 10.1. The van der Waals surface area contributed by atoms with Crippen LogP contribution in [0.25, 0.3) is 11.3 Å². The number of hydrogen-bond acceptors (Lipinski definition) is 9. The Morgan fingerprint density at radius 2 is 2.29 bits per heavy atom. The molecule has 3 rings (SSSR count). The first-order valence-electron chi connectivity index (χ1n) is 6.62. The molecule has 11 heteroatoms. The first-order valence-corrected chi connectivity index (χ1v) is 6.62. The molecule has 24 heavy (non-hydrogen) atoms. The van der Waals surface area contributed by atoms with Crippen molar-refractivity contribution in [2.24, 2.45) is 5.10 Å². The lowest BCUT2D eigenvalue weighted by Crippen LogP contribution is -1.93. The third-order valence-electron chi connectivity index (χ3n) is 3.00. The summed E-state index contributed by atoms with van der Waals surface area (Å²) in [6.45, 7) is 0. The van der Waals surface area contributed by atoms with Crippen LogP contribution in [0, 0.1) is 10.1 Å². The number of benzene rings is 1. The Labute approximate surface area is 134 Å².